The molecule has 0 aliphatic carbocycles. The van der Waals surface area contributed by atoms with Crippen LogP contribution in [0, 0.1) is 10.5 Å². The lowest BCUT2D eigenvalue weighted by Crippen LogP contribution is -2.21. The van der Waals surface area contributed by atoms with Gasteiger partial charge in [0.25, 0.3) is 0 Å². The molecule has 0 unspecified atom stereocenters. The molecule has 0 saturated carbocycles. The zero-order chi connectivity index (χ0) is 10.9. The molecule has 0 spiro atoms. The van der Waals surface area contributed by atoms with E-state index in [9.17, 15) is 9.90 Å². The highest BCUT2D eigenvalue weighted by Gasteiger charge is 2.19. The molecule has 0 fully saturated rings. The largest absolute Gasteiger partial charge is 0.507 e. The number of phenolic OH excluding ortho intramolecular Hbond substituents is 1. The van der Waals surface area contributed by atoms with Crippen LogP contribution in [0.15, 0.2) is 12.1 Å². The number of hydrogen-bond acceptors (Lipinski definition) is 3. The van der Waals surface area contributed by atoms with Crippen molar-refractivity contribution in [3.8, 4) is 5.75 Å². The summed E-state index contributed by atoms with van der Waals surface area (Å²) in [6.07, 6.45) is 0. The Labute approximate surface area is 94.9 Å². The van der Waals surface area contributed by atoms with E-state index in [1.807, 2.05) is 22.6 Å². The van der Waals surface area contributed by atoms with Crippen molar-refractivity contribution in [3.05, 3.63) is 26.8 Å². The number of aryl methyl sites for hydroxylation is 1. The normalized spacial score (nSPS) is 12.5. The van der Waals surface area contributed by atoms with Gasteiger partial charge in [0, 0.05) is 9.13 Å². The fourth-order valence-electron chi connectivity index (χ4n) is 1.13. The van der Waals surface area contributed by atoms with Crippen molar-refractivity contribution in [3.63, 3.8) is 0 Å². The molecule has 0 heterocycles. The van der Waals surface area contributed by atoms with Crippen LogP contribution in [0.25, 0.3) is 0 Å². The van der Waals surface area contributed by atoms with E-state index >= 15 is 0 Å². The summed E-state index contributed by atoms with van der Waals surface area (Å²) in [5.41, 5.74) is 6.29. The van der Waals surface area contributed by atoms with Gasteiger partial charge in [-0.05, 0) is 47.2 Å². The number of hydrogen-bond donors (Lipinski definition) is 3. The van der Waals surface area contributed by atoms with Crippen LogP contribution in [-0.2, 0) is 4.79 Å². The first-order valence-electron chi connectivity index (χ1n) is 3.91. The van der Waals surface area contributed by atoms with E-state index in [0.29, 0.717) is 5.56 Å². The molecule has 0 amide bonds. The number of benzene rings is 1. The molecule has 1 rings (SSSR count). The predicted octanol–water partition coefficient (Wildman–Crippen LogP) is 1.39. The molecule has 1 atom stereocenters. The molecular formula is C9H10INO3. The highest BCUT2D eigenvalue weighted by molar-refractivity contribution is 14.1. The monoisotopic (exact) mass is 307 g/mol. The van der Waals surface area contributed by atoms with Crippen molar-refractivity contribution in [2.75, 3.05) is 0 Å². The lowest BCUT2D eigenvalue weighted by Gasteiger charge is -2.11. The highest BCUT2D eigenvalue weighted by atomic mass is 127. The van der Waals surface area contributed by atoms with Crippen LogP contribution in [0.4, 0.5) is 0 Å². The fourth-order valence-corrected chi connectivity index (χ4v) is 1.93. The number of halogens is 1. The Bertz CT molecular complexity index is 379. The number of nitrogens with two attached hydrogens (primary N) is 1. The van der Waals surface area contributed by atoms with Gasteiger partial charge >= 0.3 is 5.97 Å². The van der Waals surface area contributed by atoms with E-state index in [-0.39, 0.29) is 11.3 Å². The zero-order valence-corrected chi connectivity index (χ0v) is 9.65. The maximum Gasteiger partial charge on any atom is 0.325 e. The average Bonchev–Trinajstić information content (AvgIpc) is 2.09. The van der Waals surface area contributed by atoms with Gasteiger partial charge in [-0.1, -0.05) is 0 Å². The Balaban J connectivity index is 3.26. The van der Waals surface area contributed by atoms with Crippen LogP contribution in [-0.4, -0.2) is 16.2 Å². The van der Waals surface area contributed by atoms with Crippen molar-refractivity contribution < 1.29 is 15.0 Å². The Morgan fingerprint density at radius 1 is 1.57 bits per heavy atom. The summed E-state index contributed by atoms with van der Waals surface area (Å²) in [4.78, 5) is 10.6. The third kappa shape index (κ3) is 2.16. The van der Waals surface area contributed by atoms with Crippen LogP contribution in [0.3, 0.4) is 0 Å². The number of carboxylic acids is 1. The molecule has 0 radical (unpaired) electrons. The molecule has 1 aromatic carbocycles. The standard InChI is InChI=1S/C9H10INO3/c1-4-2-5(10)3-6(8(4)12)7(11)9(13)14/h2-3,7,12H,11H2,1H3,(H,13,14)/t7-/m0/s1. The van der Waals surface area contributed by atoms with E-state index in [0.717, 1.165) is 3.57 Å². The molecule has 4 N–H and O–H groups in total. The number of aliphatic carboxylic acids is 1. The first-order valence-corrected chi connectivity index (χ1v) is 4.98. The summed E-state index contributed by atoms with van der Waals surface area (Å²) in [5.74, 6) is -1.19. The molecule has 0 bridgehead atoms. The summed E-state index contributed by atoms with van der Waals surface area (Å²) in [5, 5.41) is 18.3. The molecular weight excluding hydrogens is 297 g/mol. The third-order valence-corrected chi connectivity index (χ3v) is 2.52. The van der Waals surface area contributed by atoms with Gasteiger partial charge in [0.05, 0.1) is 0 Å². The van der Waals surface area contributed by atoms with Crippen LogP contribution in [0.1, 0.15) is 17.2 Å². The summed E-state index contributed by atoms with van der Waals surface area (Å²) in [6.45, 7) is 1.70. The van der Waals surface area contributed by atoms with Crippen molar-refractivity contribution in [1.82, 2.24) is 0 Å². The maximum atomic E-state index is 10.6. The first kappa shape index (κ1) is 11.3. The minimum atomic E-state index is -1.18. The zero-order valence-electron chi connectivity index (χ0n) is 7.49. The van der Waals surface area contributed by atoms with Crippen molar-refractivity contribution in [2.45, 2.75) is 13.0 Å². The second kappa shape index (κ2) is 4.14. The van der Waals surface area contributed by atoms with Gasteiger partial charge in [-0.15, -0.1) is 0 Å². The van der Waals surface area contributed by atoms with Gasteiger partial charge in [-0.25, -0.2) is 0 Å². The molecule has 4 nitrogen and oxygen atoms in total. The van der Waals surface area contributed by atoms with Gasteiger partial charge in [-0.2, -0.15) is 0 Å². The van der Waals surface area contributed by atoms with Gasteiger partial charge < -0.3 is 15.9 Å². The number of carbonyl (C=O) groups is 1. The number of carboxylic acid groups (broad SMARTS) is 1. The van der Waals surface area contributed by atoms with Crippen LogP contribution >= 0.6 is 22.6 Å². The van der Waals surface area contributed by atoms with E-state index in [1.165, 1.54) is 0 Å². The quantitative estimate of drug-likeness (QED) is 0.721. The number of phenols is 1. The molecule has 14 heavy (non-hydrogen) atoms. The van der Waals surface area contributed by atoms with E-state index in [1.54, 1.807) is 19.1 Å². The smallest absolute Gasteiger partial charge is 0.325 e. The molecule has 0 saturated heterocycles. The lowest BCUT2D eigenvalue weighted by atomic mass is 10.0. The molecule has 0 aliphatic rings. The van der Waals surface area contributed by atoms with Crippen LogP contribution < -0.4 is 5.73 Å². The molecule has 76 valence electrons. The molecule has 1 aromatic rings. The number of rotatable bonds is 2. The summed E-state index contributed by atoms with van der Waals surface area (Å²) in [7, 11) is 0. The van der Waals surface area contributed by atoms with Gasteiger partial charge in [0.1, 0.15) is 11.8 Å². The van der Waals surface area contributed by atoms with Gasteiger partial charge in [0.15, 0.2) is 0 Å². The Morgan fingerprint density at radius 3 is 2.64 bits per heavy atom. The predicted molar refractivity (Wildman–Crippen MR) is 60.1 cm³/mol. The Morgan fingerprint density at radius 2 is 2.14 bits per heavy atom. The second-order valence-corrected chi connectivity index (χ2v) is 4.22. The second-order valence-electron chi connectivity index (χ2n) is 2.98. The third-order valence-electron chi connectivity index (χ3n) is 1.90. The lowest BCUT2D eigenvalue weighted by molar-refractivity contribution is -0.138. The highest BCUT2D eigenvalue weighted by Crippen LogP contribution is 2.28. The van der Waals surface area contributed by atoms with Crippen LogP contribution in [0.2, 0.25) is 0 Å². The van der Waals surface area contributed by atoms with Crippen molar-refractivity contribution in [2.24, 2.45) is 5.73 Å². The van der Waals surface area contributed by atoms with E-state index in [4.69, 9.17) is 10.8 Å². The van der Waals surface area contributed by atoms with Crippen LogP contribution in [0.5, 0.6) is 5.75 Å². The average molecular weight is 307 g/mol. The van der Waals surface area contributed by atoms with Crippen molar-refractivity contribution >= 4 is 28.6 Å². The minimum absolute atomic E-state index is 0.0414. The topological polar surface area (TPSA) is 83.6 Å². The van der Waals surface area contributed by atoms with Crippen molar-refractivity contribution in [1.29, 1.82) is 0 Å². The van der Waals surface area contributed by atoms with E-state index < -0.39 is 12.0 Å². The van der Waals surface area contributed by atoms with Gasteiger partial charge in [0.2, 0.25) is 0 Å². The van der Waals surface area contributed by atoms with E-state index in [2.05, 4.69) is 0 Å². The minimum Gasteiger partial charge on any atom is -0.507 e. The van der Waals surface area contributed by atoms with Gasteiger partial charge in [-0.3, -0.25) is 4.79 Å². The maximum absolute atomic E-state index is 10.6. The Hall–Kier alpha value is -0.820. The molecule has 0 aliphatic heterocycles. The summed E-state index contributed by atoms with van der Waals surface area (Å²) >= 11 is 2.04. The summed E-state index contributed by atoms with van der Waals surface area (Å²) in [6, 6.07) is 2.15. The fraction of sp³-hybridized carbons (Fsp3) is 0.222. The molecule has 0 aromatic heterocycles. The first-order chi connectivity index (χ1) is 6.43. The molecule has 5 heteroatoms. The summed E-state index contributed by atoms with van der Waals surface area (Å²) < 4.78 is 0.851. The number of aromatic hydroxyl groups is 1. The SMILES string of the molecule is Cc1cc(I)cc([C@H](N)C(=O)O)c1O. The Kier molecular flexibility index (Phi) is 3.33.